The largest absolute Gasteiger partial charge is 0.467 e. The maximum Gasteiger partial charge on any atom is 0.229 e. The lowest BCUT2D eigenvalue weighted by Gasteiger charge is -2.15. The van der Waals surface area contributed by atoms with Crippen molar-refractivity contribution in [2.45, 2.75) is 13.0 Å². The number of carbonyl (C=O) groups is 2. The summed E-state index contributed by atoms with van der Waals surface area (Å²) >= 11 is 1.59. The van der Waals surface area contributed by atoms with Gasteiger partial charge in [0.25, 0.3) is 0 Å². The van der Waals surface area contributed by atoms with E-state index in [1.165, 1.54) is 0 Å². The molecule has 1 fully saturated rings. The fourth-order valence-corrected chi connectivity index (χ4v) is 4.23. The summed E-state index contributed by atoms with van der Waals surface area (Å²) in [6.07, 6.45) is 5.76. The Labute approximate surface area is 170 Å². The summed E-state index contributed by atoms with van der Waals surface area (Å²) in [5.74, 6) is 0.179. The van der Waals surface area contributed by atoms with Crippen molar-refractivity contribution in [3.8, 4) is 11.3 Å². The Morgan fingerprint density at radius 3 is 2.90 bits per heavy atom. The van der Waals surface area contributed by atoms with Crippen LogP contribution in [0.2, 0.25) is 0 Å². The van der Waals surface area contributed by atoms with Gasteiger partial charge in [-0.2, -0.15) is 0 Å². The lowest BCUT2D eigenvalue weighted by molar-refractivity contribution is -0.128. The third-order valence-corrected chi connectivity index (χ3v) is 5.82. The van der Waals surface area contributed by atoms with E-state index in [9.17, 15) is 9.59 Å². The van der Waals surface area contributed by atoms with E-state index < -0.39 is 0 Å². The lowest BCUT2D eigenvalue weighted by atomic mass is 10.1. The van der Waals surface area contributed by atoms with Crippen LogP contribution in [0.15, 0.2) is 64.9 Å². The highest BCUT2D eigenvalue weighted by Crippen LogP contribution is 2.25. The van der Waals surface area contributed by atoms with Crippen LogP contribution >= 0.6 is 11.3 Å². The molecular formula is C21H18N4O3S. The van der Waals surface area contributed by atoms with Crippen molar-refractivity contribution in [1.82, 2.24) is 14.3 Å². The molecule has 0 radical (unpaired) electrons. The van der Waals surface area contributed by atoms with E-state index in [-0.39, 0.29) is 24.2 Å². The number of nitrogens with zero attached hydrogens (tertiary/aromatic N) is 3. The van der Waals surface area contributed by atoms with Gasteiger partial charge in [0.1, 0.15) is 5.76 Å². The summed E-state index contributed by atoms with van der Waals surface area (Å²) in [6.45, 7) is 0.793. The van der Waals surface area contributed by atoms with Crippen molar-refractivity contribution >= 4 is 33.8 Å². The van der Waals surface area contributed by atoms with Gasteiger partial charge in [-0.3, -0.25) is 14.0 Å². The Bertz CT molecular complexity index is 1130. The van der Waals surface area contributed by atoms with Gasteiger partial charge < -0.3 is 14.6 Å². The van der Waals surface area contributed by atoms with E-state index >= 15 is 0 Å². The summed E-state index contributed by atoms with van der Waals surface area (Å²) < 4.78 is 7.28. The molecule has 2 amide bonds. The summed E-state index contributed by atoms with van der Waals surface area (Å²) in [5.41, 5.74) is 2.58. The smallest absolute Gasteiger partial charge is 0.229 e. The van der Waals surface area contributed by atoms with E-state index in [0.717, 1.165) is 16.2 Å². The average Bonchev–Trinajstić information content (AvgIpc) is 3.48. The topological polar surface area (TPSA) is 79.9 Å². The molecule has 29 heavy (non-hydrogen) atoms. The van der Waals surface area contributed by atoms with E-state index in [2.05, 4.69) is 10.3 Å². The average molecular weight is 406 g/mol. The Morgan fingerprint density at radius 1 is 1.28 bits per heavy atom. The van der Waals surface area contributed by atoms with Gasteiger partial charge in [-0.15, -0.1) is 11.3 Å². The number of likely N-dealkylation sites (tertiary alicyclic amines) is 1. The van der Waals surface area contributed by atoms with Crippen LogP contribution in [-0.2, 0) is 16.1 Å². The highest BCUT2D eigenvalue weighted by Gasteiger charge is 2.34. The van der Waals surface area contributed by atoms with Crippen molar-refractivity contribution in [2.24, 2.45) is 5.92 Å². The zero-order chi connectivity index (χ0) is 19.8. The summed E-state index contributed by atoms with van der Waals surface area (Å²) in [5, 5.41) is 4.91. The number of carbonyl (C=O) groups excluding carboxylic acids is 2. The molecule has 1 aromatic carbocycles. The molecule has 5 rings (SSSR count). The molecule has 0 spiro atoms. The number of anilines is 1. The molecule has 0 aliphatic carbocycles. The maximum absolute atomic E-state index is 12.6. The molecule has 1 aliphatic heterocycles. The quantitative estimate of drug-likeness (QED) is 0.549. The Balaban J connectivity index is 1.22. The summed E-state index contributed by atoms with van der Waals surface area (Å²) in [7, 11) is 0. The first kappa shape index (κ1) is 17.7. The highest BCUT2D eigenvalue weighted by molar-refractivity contribution is 7.15. The van der Waals surface area contributed by atoms with Crippen LogP contribution in [0.3, 0.4) is 0 Å². The summed E-state index contributed by atoms with van der Waals surface area (Å²) in [6, 6.07) is 11.2. The van der Waals surface area contributed by atoms with Gasteiger partial charge in [0.2, 0.25) is 11.8 Å². The van der Waals surface area contributed by atoms with Crippen molar-refractivity contribution < 1.29 is 14.0 Å². The number of hydrogen-bond donors (Lipinski definition) is 1. The van der Waals surface area contributed by atoms with Gasteiger partial charge in [-0.25, -0.2) is 4.98 Å². The number of aromatic nitrogens is 2. The van der Waals surface area contributed by atoms with Gasteiger partial charge in [0.15, 0.2) is 4.96 Å². The fourth-order valence-electron chi connectivity index (χ4n) is 3.53. The Morgan fingerprint density at radius 2 is 2.14 bits per heavy atom. The van der Waals surface area contributed by atoms with Crippen LogP contribution in [0.25, 0.3) is 16.2 Å². The predicted molar refractivity (Wildman–Crippen MR) is 109 cm³/mol. The number of fused-ring (bicyclic) bond motifs is 1. The zero-order valence-corrected chi connectivity index (χ0v) is 16.3. The van der Waals surface area contributed by atoms with Crippen LogP contribution in [-0.4, -0.2) is 32.6 Å². The zero-order valence-electron chi connectivity index (χ0n) is 15.4. The Kier molecular flexibility index (Phi) is 4.40. The number of furan rings is 1. The fraction of sp³-hybridized carbons (Fsp3) is 0.190. The van der Waals surface area contributed by atoms with E-state index in [1.807, 2.05) is 52.5 Å². The van der Waals surface area contributed by atoms with E-state index in [1.54, 1.807) is 28.6 Å². The number of amides is 2. The molecule has 1 unspecified atom stereocenters. The number of imidazole rings is 1. The van der Waals surface area contributed by atoms with E-state index in [0.29, 0.717) is 24.5 Å². The van der Waals surface area contributed by atoms with Crippen molar-refractivity contribution in [3.05, 3.63) is 66.2 Å². The monoisotopic (exact) mass is 406 g/mol. The molecule has 3 aromatic heterocycles. The molecule has 1 N–H and O–H groups in total. The second-order valence-corrected chi connectivity index (χ2v) is 7.91. The van der Waals surface area contributed by atoms with Gasteiger partial charge in [-0.1, -0.05) is 12.1 Å². The summed E-state index contributed by atoms with van der Waals surface area (Å²) in [4.78, 5) is 32.0. The third-order valence-electron chi connectivity index (χ3n) is 5.05. The molecule has 1 saturated heterocycles. The molecule has 0 saturated carbocycles. The van der Waals surface area contributed by atoms with Crippen LogP contribution in [0.5, 0.6) is 0 Å². The molecule has 0 bridgehead atoms. The number of thiazole rings is 1. The molecule has 4 aromatic rings. The lowest BCUT2D eigenvalue weighted by Crippen LogP contribution is -2.27. The SMILES string of the molecule is O=C(Nc1ccc(-c2cn3ccsc3n2)cc1)C1CC(=O)N(Cc2ccco2)C1. The normalized spacial score (nSPS) is 16.6. The number of nitrogens with one attached hydrogen (secondary N) is 1. The number of benzene rings is 1. The van der Waals surface area contributed by atoms with Gasteiger partial charge in [0.05, 0.1) is 24.4 Å². The second-order valence-electron chi connectivity index (χ2n) is 7.04. The number of rotatable bonds is 5. The van der Waals surface area contributed by atoms with Gasteiger partial charge in [-0.05, 0) is 24.3 Å². The standard InChI is InChI=1S/C21H18N4O3S/c26-19-10-15(11-25(19)12-17-2-1-8-28-17)20(27)22-16-5-3-14(4-6-16)18-13-24-7-9-29-21(24)23-18/h1-9,13,15H,10-12H2,(H,22,27). The first-order valence-electron chi connectivity index (χ1n) is 9.29. The van der Waals surface area contributed by atoms with Crippen LogP contribution in [0.4, 0.5) is 5.69 Å². The maximum atomic E-state index is 12.6. The van der Waals surface area contributed by atoms with Crippen LogP contribution in [0.1, 0.15) is 12.2 Å². The molecule has 8 heteroatoms. The van der Waals surface area contributed by atoms with Crippen LogP contribution in [0, 0.1) is 5.92 Å². The first-order valence-corrected chi connectivity index (χ1v) is 10.2. The minimum Gasteiger partial charge on any atom is -0.467 e. The molecular weight excluding hydrogens is 388 g/mol. The molecule has 7 nitrogen and oxygen atoms in total. The first-order chi connectivity index (χ1) is 14.2. The highest BCUT2D eigenvalue weighted by atomic mass is 32.1. The molecule has 146 valence electrons. The van der Waals surface area contributed by atoms with Gasteiger partial charge in [0, 0.05) is 42.0 Å². The number of hydrogen-bond acceptors (Lipinski definition) is 5. The molecule has 4 heterocycles. The van der Waals surface area contributed by atoms with Crippen molar-refractivity contribution in [2.75, 3.05) is 11.9 Å². The third kappa shape index (κ3) is 3.54. The van der Waals surface area contributed by atoms with E-state index in [4.69, 9.17) is 4.42 Å². The minimum absolute atomic E-state index is 0.0309. The minimum atomic E-state index is -0.364. The second kappa shape index (κ2) is 7.21. The Hall–Kier alpha value is -3.39. The molecule has 1 atom stereocenters. The molecule has 1 aliphatic rings. The van der Waals surface area contributed by atoms with Crippen molar-refractivity contribution in [3.63, 3.8) is 0 Å². The predicted octanol–water partition coefficient (Wildman–Crippen LogP) is 3.64. The van der Waals surface area contributed by atoms with Crippen LogP contribution < -0.4 is 5.32 Å². The van der Waals surface area contributed by atoms with Gasteiger partial charge >= 0.3 is 0 Å². The van der Waals surface area contributed by atoms with Crippen molar-refractivity contribution in [1.29, 1.82) is 0 Å².